The van der Waals surface area contributed by atoms with Crippen LogP contribution in [0.15, 0.2) is 41.3 Å². The molecule has 162 valence electrons. The number of rotatable bonds is 6. The first kappa shape index (κ1) is 23.0. The summed E-state index contributed by atoms with van der Waals surface area (Å²) < 4.78 is 27.2. The van der Waals surface area contributed by atoms with E-state index >= 15 is 0 Å². The summed E-state index contributed by atoms with van der Waals surface area (Å²) in [6.45, 7) is 5.71. The summed E-state index contributed by atoms with van der Waals surface area (Å²) in [5, 5.41) is 3.25. The minimum absolute atomic E-state index is 0.00880. The van der Waals surface area contributed by atoms with Crippen molar-refractivity contribution >= 4 is 44.8 Å². The maximum Gasteiger partial charge on any atom is 0.244 e. The van der Waals surface area contributed by atoms with Crippen LogP contribution in [0.25, 0.3) is 0 Å². The number of aryl methyl sites for hydroxylation is 2. The number of carbonyl (C=O) groups is 1. The number of amides is 1. The zero-order valence-corrected chi connectivity index (χ0v) is 19.3. The molecule has 1 amide bonds. The van der Waals surface area contributed by atoms with E-state index in [0.29, 0.717) is 13.1 Å². The van der Waals surface area contributed by atoms with Crippen molar-refractivity contribution in [3.63, 3.8) is 0 Å². The van der Waals surface area contributed by atoms with Crippen LogP contribution in [0.1, 0.15) is 18.1 Å². The quantitative estimate of drug-likeness (QED) is 0.697. The largest absolute Gasteiger partial charge is 0.324 e. The van der Waals surface area contributed by atoms with E-state index in [1.165, 1.54) is 10.4 Å². The van der Waals surface area contributed by atoms with Gasteiger partial charge in [0.05, 0.1) is 16.6 Å². The Bertz CT molecular complexity index is 1040. The van der Waals surface area contributed by atoms with Gasteiger partial charge in [0, 0.05) is 31.9 Å². The molecule has 1 aliphatic heterocycles. The lowest BCUT2D eigenvalue weighted by Crippen LogP contribution is -2.50. The summed E-state index contributed by atoms with van der Waals surface area (Å²) in [7, 11) is -3.74. The Morgan fingerprint density at radius 1 is 1.07 bits per heavy atom. The average molecular weight is 470 g/mol. The number of nitrogens with one attached hydrogen (secondary N) is 1. The van der Waals surface area contributed by atoms with E-state index in [0.717, 1.165) is 23.2 Å². The first-order chi connectivity index (χ1) is 14.2. The third kappa shape index (κ3) is 4.98. The van der Waals surface area contributed by atoms with Crippen molar-refractivity contribution in [2.75, 3.05) is 38.0 Å². The van der Waals surface area contributed by atoms with Gasteiger partial charge in [0.1, 0.15) is 4.90 Å². The summed E-state index contributed by atoms with van der Waals surface area (Å²) in [6.07, 6.45) is 0.833. The molecule has 0 bridgehead atoms. The van der Waals surface area contributed by atoms with E-state index in [1.54, 1.807) is 12.1 Å². The molecule has 30 heavy (non-hydrogen) atoms. The van der Waals surface area contributed by atoms with Crippen LogP contribution >= 0.6 is 23.2 Å². The van der Waals surface area contributed by atoms with Crippen LogP contribution in [0.4, 0.5) is 5.69 Å². The van der Waals surface area contributed by atoms with Gasteiger partial charge in [0.25, 0.3) is 0 Å². The molecule has 2 aromatic carbocycles. The summed E-state index contributed by atoms with van der Waals surface area (Å²) in [5.74, 6) is -0.104. The molecule has 1 saturated heterocycles. The SMILES string of the molecule is CCc1cccc(C)c1NC(=O)CN1CCN(S(=O)(=O)c2cccc(Cl)c2Cl)CC1. The maximum atomic E-state index is 12.9. The first-order valence-corrected chi connectivity index (χ1v) is 12.0. The van der Waals surface area contributed by atoms with Gasteiger partial charge in [0.2, 0.25) is 15.9 Å². The lowest BCUT2D eigenvalue weighted by Gasteiger charge is -2.33. The molecule has 6 nitrogen and oxygen atoms in total. The molecular weight excluding hydrogens is 445 g/mol. The monoisotopic (exact) mass is 469 g/mol. The molecule has 0 atom stereocenters. The van der Waals surface area contributed by atoms with E-state index in [1.807, 2.05) is 30.0 Å². The number of halogens is 2. The van der Waals surface area contributed by atoms with Gasteiger partial charge in [-0.3, -0.25) is 9.69 Å². The minimum Gasteiger partial charge on any atom is -0.324 e. The Morgan fingerprint density at radius 2 is 1.73 bits per heavy atom. The van der Waals surface area contributed by atoms with Crippen LogP contribution in [-0.2, 0) is 21.2 Å². The molecule has 3 rings (SSSR count). The number of benzene rings is 2. The van der Waals surface area contributed by atoms with E-state index in [4.69, 9.17) is 23.2 Å². The molecule has 1 aliphatic rings. The number of hydrogen-bond acceptors (Lipinski definition) is 4. The third-order valence-corrected chi connectivity index (χ3v) is 8.11. The fourth-order valence-electron chi connectivity index (χ4n) is 3.53. The van der Waals surface area contributed by atoms with Crippen molar-refractivity contribution in [2.24, 2.45) is 0 Å². The molecule has 2 aromatic rings. The highest BCUT2D eigenvalue weighted by Crippen LogP contribution is 2.31. The molecule has 0 saturated carbocycles. The Kier molecular flexibility index (Phi) is 7.42. The zero-order chi connectivity index (χ0) is 21.9. The van der Waals surface area contributed by atoms with E-state index in [9.17, 15) is 13.2 Å². The Morgan fingerprint density at radius 3 is 2.40 bits per heavy atom. The Labute approximate surface area is 187 Å². The summed E-state index contributed by atoms with van der Waals surface area (Å²) >= 11 is 12.1. The van der Waals surface area contributed by atoms with Crippen molar-refractivity contribution in [2.45, 2.75) is 25.2 Å². The predicted molar refractivity (Wildman–Crippen MR) is 121 cm³/mol. The highest BCUT2D eigenvalue weighted by atomic mass is 35.5. The third-order valence-electron chi connectivity index (χ3n) is 5.24. The molecule has 1 heterocycles. The lowest BCUT2D eigenvalue weighted by molar-refractivity contribution is -0.117. The van der Waals surface area contributed by atoms with Crippen molar-refractivity contribution in [1.29, 1.82) is 0 Å². The fraction of sp³-hybridized carbons (Fsp3) is 0.381. The van der Waals surface area contributed by atoms with E-state index in [-0.39, 0.29) is 40.5 Å². The zero-order valence-electron chi connectivity index (χ0n) is 17.0. The maximum absolute atomic E-state index is 12.9. The molecule has 0 radical (unpaired) electrons. The Hall–Kier alpha value is -1.64. The predicted octanol–water partition coefficient (Wildman–Crippen LogP) is 3.81. The highest BCUT2D eigenvalue weighted by molar-refractivity contribution is 7.89. The normalized spacial score (nSPS) is 15.9. The molecule has 0 aliphatic carbocycles. The van der Waals surface area contributed by atoms with Gasteiger partial charge >= 0.3 is 0 Å². The van der Waals surface area contributed by atoms with Gasteiger partial charge in [-0.15, -0.1) is 0 Å². The van der Waals surface area contributed by atoms with Crippen LogP contribution in [0.5, 0.6) is 0 Å². The number of nitrogens with zero attached hydrogens (tertiary/aromatic N) is 2. The van der Waals surface area contributed by atoms with Crippen LogP contribution < -0.4 is 5.32 Å². The minimum atomic E-state index is -3.74. The molecule has 1 N–H and O–H groups in total. The molecule has 0 spiro atoms. The van der Waals surface area contributed by atoms with Crippen molar-refractivity contribution in [3.05, 3.63) is 57.6 Å². The molecule has 9 heteroatoms. The molecular formula is C21H25Cl2N3O3S. The van der Waals surface area contributed by atoms with Crippen molar-refractivity contribution in [1.82, 2.24) is 9.21 Å². The topological polar surface area (TPSA) is 69.7 Å². The van der Waals surface area contributed by atoms with Crippen LogP contribution in [0, 0.1) is 6.92 Å². The number of hydrogen-bond donors (Lipinski definition) is 1. The van der Waals surface area contributed by atoms with Crippen LogP contribution in [-0.4, -0.2) is 56.3 Å². The van der Waals surface area contributed by atoms with E-state index in [2.05, 4.69) is 12.2 Å². The van der Waals surface area contributed by atoms with Crippen molar-refractivity contribution < 1.29 is 13.2 Å². The van der Waals surface area contributed by atoms with Gasteiger partial charge < -0.3 is 5.32 Å². The average Bonchev–Trinajstić information content (AvgIpc) is 2.71. The van der Waals surface area contributed by atoms with Gasteiger partial charge in [-0.25, -0.2) is 8.42 Å². The second kappa shape index (κ2) is 9.66. The van der Waals surface area contributed by atoms with Gasteiger partial charge in [-0.1, -0.05) is 54.4 Å². The van der Waals surface area contributed by atoms with E-state index < -0.39 is 10.0 Å². The molecule has 0 unspecified atom stereocenters. The van der Waals surface area contributed by atoms with Gasteiger partial charge in [-0.2, -0.15) is 4.31 Å². The summed E-state index contributed by atoms with van der Waals surface area (Å²) in [4.78, 5) is 14.5. The standard InChI is InChI=1S/C21H25Cl2N3O3S/c1-3-16-7-4-6-15(2)21(16)24-19(27)14-25-10-12-26(13-11-25)30(28,29)18-9-5-8-17(22)20(18)23/h4-9H,3,10-14H2,1-2H3,(H,24,27). The Balaban J connectivity index is 1.61. The fourth-order valence-corrected chi connectivity index (χ4v) is 5.69. The molecule has 0 aromatic heterocycles. The van der Waals surface area contributed by atoms with Gasteiger partial charge in [0.15, 0.2) is 0 Å². The lowest BCUT2D eigenvalue weighted by atomic mass is 10.1. The summed E-state index contributed by atoms with van der Waals surface area (Å²) in [6, 6.07) is 10.5. The van der Waals surface area contributed by atoms with Gasteiger partial charge in [-0.05, 0) is 36.6 Å². The number of carbonyl (C=O) groups excluding carboxylic acids is 1. The number of piperazine rings is 1. The smallest absolute Gasteiger partial charge is 0.244 e. The second-order valence-corrected chi connectivity index (χ2v) is 9.93. The number of sulfonamides is 1. The van der Waals surface area contributed by atoms with Crippen LogP contribution in [0.2, 0.25) is 10.0 Å². The summed E-state index contributed by atoms with van der Waals surface area (Å²) in [5.41, 5.74) is 2.98. The van der Waals surface area contributed by atoms with Crippen molar-refractivity contribution in [3.8, 4) is 0 Å². The number of anilines is 1. The van der Waals surface area contributed by atoms with Crippen LogP contribution in [0.3, 0.4) is 0 Å². The highest BCUT2D eigenvalue weighted by Gasteiger charge is 2.31. The molecule has 1 fully saturated rings. The second-order valence-electron chi connectivity index (χ2n) is 7.24. The first-order valence-electron chi connectivity index (χ1n) is 9.79. The number of para-hydroxylation sites is 1.